The molecular weight excluding hydrogens is 338 g/mol. The van der Waals surface area contributed by atoms with Crippen LogP contribution in [0, 0.1) is 0 Å². The van der Waals surface area contributed by atoms with Gasteiger partial charge in [-0.05, 0) is 35.7 Å². The number of rotatable bonds is 6. The van der Waals surface area contributed by atoms with Crippen LogP contribution < -0.4 is 10.1 Å². The van der Waals surface area contributed by atoms with Gasteiger partial charge in [0, 0.05) is 16.6 Å². The Morgan fingerprint density at radius 1 is 1.35 bits per heavy atom. The Bertz CT molecular complexity index is 713. The zero-order chi connectivity index (χ0) is 16.7. The van der Waals surface area contributed by atoms with Crippen LogP contribution in [-0.2, 0) is 14.3 Å². The van der Waals surface area contributed by atoms with E-state index in [4.69, 9.17) is 21.1 Å². The van der Waals surface area contributed by atoms with Crippen molar-refractivity contribution in [1.82, 2.24) is 0 Å². The molecule has 1 heterocycles. The van der Waals surface area contributed by atoms with Crippen LogP contribution in [0.25, 0.3) is 6.08 Å². The molecule has 5 nitrogen and oxygen atoms in total. The second-order valence-corrected chi connectivity index (χ2v) is 5.74. The van der Waals surface area contributed by atoms with Gasteiger partial charge in [-0.2, -0.15) is 0 Å². The largest absolute Gasteiger partial charge is 0.495 e. The van der Waals surface area contributed by atoms with Crippen molar-refractivity contribution >= 4 is 46.6 Å². The highest BCUT2D eigenvalue weighted by atomic mass is 35.5. The molecule has 0 radical (unpaired) electrons. The molecule has 0 aliphatic carbocycles. The average molecular weight is 352 g/mol. The molecule has 7 heteroatoms. The van der Waals surface area contributed by atoms with E-state index in [2.05, 4.69) is 5.32 Å². The van der Waals surface area contributed by atoms with Gasteiger partial charge in [0.25, 0.3) is 5.91 Å². The van der Waals surface area contributed by atoms with Gasteiger partial charge in [-0.1, -0.05) is 17.7 Å². The monoisotopic (exact) mass is 351 g/mol. The minimum absolute atomic E-state index is 0.376. The summed E-state index contributed by atoms with van der Waals surface area (Å²) in [5.41, 5.74) is 0.492. The molecule has 1 aromatic carbocycles. The summed E-state index contributed by atoms with van der Waals surface area (Å²) in [5.74, 6) is -0.528. The Morgan fingerprint density at radius 3 is 2.83 bits per heavy atom. The first kappa shape index (κ1) is 17.1. The van der Waals surface area contributed by atoms with Crippen LogP contribution in [0.3, 0.4) is 0 Å². The van der Waals surface area contributed by atoms with Crippen LogP contribution in [0.1, 0.15) is 4.88 Å². The molecule has 2 aromatic rings. The van der Waals surface area contributed by atoms with Gasteiger partial charge in [0.15, 0.2) is 6.61 Å². The molecule has 0 fully saturated rings. The van der Waals surface area contributed by atoms with Gasteiger partial charge >= 0.3 is 5.97 Å². The molecule has 0 aliphatic rings. The van der Waals surface area contributed by atoms with E-state index in [0.29, 0.717) is 16.5 Å². The molecule has 0 bridgehead atoms. The summed E-state index contributed by atoms with van der Waals surface area (Å²) in [4.78, 5) is 24.2. The number of amides is 1. The number of nitrogens with one attached hydrogen (secondary N) is 1. The predicted molar refractivity (Wildman–Crippen MR) is 90.9 cm³/mol. The molecule has 1 aromatic heterocycles. The van der Waals surface area contributed by atoms with Crippen molar-refractivity contribution in [2.75, 3.05) is 19.0 Å². The number of carbonyl (C=O) groups excluding carboxylic acids is 2. The maximum atomic E-state index is 11.7. The molecule has 1 N–H and O–H groups in total. The van der Waals surface area contributed by atoms with Gasteiger partial charge in [-0.3, -0.25) is 4.79 Å². The van der Waals surface area contributed by atoms with Crippen molar-refractivity contribution in [1.29, 1.82) is 0 Å². The Hall–Kier alpha value is -2.31. The fraction of sp³-hybridized carbons (Fsp3) is 0.125. The van der Waals surface area contributed by atoms with E-state index in [0.717, 1.165) is 4.88 Å². The summed E-state index contributed by atoms with van der Waals surface area (Å²) in [7, 11) is 1.50. The number of benzene rings is 1. The number of ether oxygens (including phenoxy) is 2. The highest BCUT2D eigenvalue weighted by Crippen LogP contribution is 2.27. The van der Waals surface area contributed by atoms with Crippen LogP contribution in [0.15, 0.2) is 41.8 Å². The van der Waals surface area contributed by atoms with Crippen LogP contribution in [-0.4, -0.2) is 25.6 Å². The summed E-state index contributed by atoms with van der Waals surface area (Å²) < 4.78 is 9.88. The molecule has 120 valence electrons. The SMILES string of the molecule is COc1ccc(NC(=O)COC(=O)/C=C/c2cccs2)cc1Cl. The average Bonchev–Trinajstić information content (AvgIpc) is 3.04. The van der Waals surface area contributed by atoms with Gasteiger partial charge in [-0.15, -0.1) is 11.3 Å². The summed E-state index contributed by atoms with van der Waals surface area (Å²) >= 11 is 7.46. The smallest absolute Gasteiger partial charge is 0.331 e. The highest BCUT2D eigenvalue weighted by molar-refractivity contribution is 7.10. The van der Waals surface area contributed by atoms with Crippen LogP contribution in [0.4, 0.5) is 5.69 Å². The van der Waals surface area contributed by atoms with Crippen molar-refractivity contribution in [3.05, 3.63) is 51.7 Å². The molecular formula is C16H14ClNO4S. The lowest BCUT2D eigenvalue weighted by Crippen LogP contribution is -2.20. The number of carbonyl (C=O) groups is 2. The normalized spacial score (nSPS) is 10.5. The Morgan fingerprint density at radius 2 is 2.17 bits per heavy atom. The second-order valence-electron chi connectivity index (χ2n) is 4.35. The fourth-order valence-corrected chi connectivity index (χ4v) is 2.54. The Labute approximate surface area is 142 Å². The zero-order valence-electron chi connectivity index (χ0n) is 12.2. The summed E-state index contributed by atoms with van der Waals surface area (Å²) in [6.45, 7) is -0.378. The van der Waals surface area contributed by atoms with E-state index in [1.54, 1.807) is 24.3 Å². The third-order valence-electron chi connectivity index (χ3n) is 2.71. The number of methoxy groups -OCH3 is 1. The molecule has 0 unspecified atom stereocenters. The molecule has 1 amide bonds. The van der Waals surface area contributed by atoms with E-state index in [1.165, 1.54) is 24.5 Å². The van der Waals surface area contributed by atoms with Crippen molar-refractivity contribution in [3.63, 3.8) is 0 Å². The van der Waals surface area contributed by atoms with Gasteiger partial charge in [0.1, 0.15) is 5.75 Å². The first-order valence-electron chi connectivity index (χ1n) is 6.60. The predicted octanol–water partition coefficient (Wildman–Crippen LogP) is 3.61. The minimum Gasteiger partial charge on any atom is -0.495 e. The van der Waals surface area contributed by atoms with Crippen molar-refractivity contribution < 1.29 is 19.1 Å². The lowest BCUT2D eigenvalue weighted by Gasteiger charge is -2.08. The third-order valence-corrected chi connectivity index (χ3v) is 3.84. The zero-order valence-corrected chi connectivity index (χ0v) is 13.8. The van der Waals surface area contributed by atoms with Gasteiger partial charge in [-0.25, -0.2) is 4.79 Å². The van der Waals surface area contributed by atoms with E-state index < -0.39 is 11.9 Å². The van der Waals surface area contributed by atoms with E-state index >= 15 is 0 Å². The molecule has 0 saturated heterocycles. The molecule has 0 saturated carbocycles. The lowest BCUT2D eigenvalue weighted by molar-refractivity contribution is -0.142. The topological polar surface area (TPSA) is 64.6 Å². The maximum absolute atomic E-state index is 11.7. The van der Waals surface area contributed by atoms with E-state index in [9.17, 15) is 9.59 Å². The van der Waals surface area contributed by atoms with Crippen LogP contribution >= 0.6 is 22.9 Å². The van der Waals surface area contributed by atoms with E-state index in [1.807, 2.05) is 17.5 Å². The maximum Gasteiger partial charge on any atom is 0.331 e. The molecule has 0 spiro atoms. The lowest BCUT2D eigenvalue weighted by atomic mass is 10.3. The first-order valence-corrected chi connectivity index (χ1v) is 7.86. The Kier molecular flexibility index (Phi) is 6.19. The fourth-order valence-electron chi connectivity index (χ4n) is 1.66. The summed E-state index contributed by atoms with van der Waals surface area (Å²) in [6.07, 6.45) is 2.91. The van der Waals surface area contributed by atoms with Crippen molar-refractivity contribution in [3.8, 4) is 5.75 Å². The molecule has 2 rings (SSSR count). The summed E-state index contributed by atoms with van der Waals surface area (Å²) in [6, 6.07) is 8.57. The minimum atomic E-state index is -0.582. The highest BCUT2D eigenvalue weighted by Gasteiger charge is 2.08. The van der Waals surface area contributed by atoms with Crippen molar-refractivity contribution in [2.24, 2.45) is 0 Å². The number of anilines is 1. The number of thiophene rings is 1. The van der Waals surface area contributed by atoms with Crippen LogP contribution in [0.2, 0.25) is 5.02 Å². The Balaban J connectivity index is 1.80. The van der Waals surface area contributed by atoms with Crippen LogP contribution in [0.5, 0.6) is 5.75 Å². The van der Waals surface area contributed by atoms with E-state index in [-0.39, 0.29) is 6.61 Å². The number of esters is 1. The first-order chi connectivity index (χ1) is 11.1. The third kappa shape index (κ3) is 5.43. The molecule has 23 heavy (non-hydrogen) atoms. The number of hydrogen-bond donors (Lipinski definition) is 1. The number of halogens is 1. The summed E-state index contributed by atoms with van der Waals surface area (Å²) in [5, 5.41) is 4.86. The number of hydrogen-bond acceptors (Lipinski definition) is 5. The quantitative estimate of drug-likeness (QED) is 0.638. The second kappa shape index (κ2) is 8.36. The molecule has 0 aliphatic heterocycles. The molecule has 0 atom stereocenters. The van der Waals surface area contributed by atoms with Gasteiger partial charge in [0.05, 0.1) is 12.1 Å². The van der Waals surface area contributed by atoms with Crippen molar-refractivity contribution in [2.45, 2.75) is 0 Å². The standard InChI is InChI=1S/C16H14ClNO4S/c1-21-14-6-4-11(9-13(14)17)18-15(19)10-22-16(20)7-5-12-3-2-8-23-12/h2-9H,10H2,1H3,(H,18,19)/b7-5+. The van der Waals surface area contributed by atoms with Gasteiger partial charge < -0.3 is 14.8 Å². The van der Waals surface area contributed by atoms with Gasteiger partial charge in [0.2, 0.25) is 0 Å².